The van der Waals surface area contributed by atoms with Crippen molar-refractivity contribution < 1.29 is 4.74 Å². The Kier molecular flexibility index (Phi) is 3.63. The van der Waals surface area contributed by atoms with E-state index < -0.39 is 0 Å². The summed E-state index contributed by atoms with van der Waals surface area (Å²) in [5, 5.41) is 0. The van der Waals surface area contributed by atoms with Crippen molar-refractivity contribution in [2.24, 2.45) is 0 Å². The zero-order chi connectivity index (χ0) is 15.7. The summed E-state index contributed by atoms with van der Waals surface area (Å²) >= 11 is 0. The maximum atomic E-state index is 12.3. The van der Waals surface area contributed by atoms with E-state index in [0.717, 1.165) is 22.6 Å². The predicted octanol–water partition coefficient (Wildman–Crippen LogP) is 2.09. The van der Waals surface area contributed by atoms with Gasteiger partial charge in [0.15, 0.2) is 6.73 Å². The van der Waals surface area contributed by atoms with Gasteiger partial charge in [0.05, 0.1) is 17.9 Å². The molecule has 1 aromatic carbocycles. The van der Waals surface area contributed by atoms with Crippen LogP contribution in [-0.2, 0) is 11.3 Å². The van der Waals surface area contributed by atoms with Crippen LogP contribution in [0, 0.1) is 0 Å². The van der Waals surface area contributed by atoms with Crippen molar-refractivity contribution in [2.45, 2.75) is 13.5 Å². The highest BCUT2D eigenvalue weighted by Crippen LogP contribution is 2.28. The third-order valence-electron chi connectivity index (χ3n) is 3.77. The molecule has 0 bridgehead atoms. The molecule has 1 aliphatic heterocycles. The topological polar surface area (TPSA) is 60.5 Å². The molecule has 3 rings (SSSR count). The predicted molar refractivity (Wildman–Crippen MR) is 87.0 cm³/mol. The standard InChI is InChI=1S/C17H19N3O2/c1-12-16(19(2)11-22-12)14-8-15(18)17(21)20(10-14)9-13-6-4-3-5-7-13/h3-8,10H,9,11,18H2,1-2H3. The van der Waals surface area contributed by atoms with E-state index in [-0.39, 0.29) is 11.2 Å². The summed E-state index contributed by atoms with van der Waals surface area (Å²) in [6.45, 7) is 2.93. The molecule has 1 aliphatic rings. The first kappa shape index (κ1) is 14.3. The average Bonchev–Trinajstić information content (AvgIpc) is 2.84. The second kappa shape index (κ2) is 5.60. The fraction of sp³-hybridized carbons (Fsp3) is 0.235. The van der Waals surface area contributed by atoms with Gasteiger partial charge in [-0.1, -0.05) is 30.3 Å². The van der Waals surface area contributed by atoms with Crippen LogP contribution in [0.1, 0.15) is 18.1 Å². The lowest BCUT2D eigenvalue weighted by Crippen LogP contribution is -2.24. The van der Waals surface area contributed by atoms with Gasteiger partial charge in [-0.2, -0.15) is 0 Å². The summed E-state index contributed by atoms with van der Waals surface area (Å²) in [6.07, 6.45) is 1.84. The Morgan fingerprint density at radius 1 is 1.27 bits per heavy atom. The monoisotopic (exact) mass is 297 g/mol. The Labute approximate surface area is 129 Å². The van der Waals surface area contributed by atoms with Crippen molar-refractivity contribution >= 4 is 11.4 Å². The second-order valence-corrected chi connectivity index (χ2v) is 5.48. The molecule has 0 saturated heterocycles. The SMILES string of the molecule is CC1=C(c2cc(N)c(=O)n(Cc3ccccc3)c2)N(C)CO1. The number of hydrogen-bond acceptors (Lipinski definition) is 4. The van der Waals surface area contributed by atoms with E-state index in [9.17, 15) is 4.79 Å². The number of nitrogens with zero attached hydrogens (tertiary/aromatic N) is 2. The normalized spacial score (nSPS) is 14.4. The van der Waals surface area contributed by atoms with Gasteiger partial charge in [-0.15, -0.1) is 0 Å². The summed E-state index contributed by atoms with van der Waals surface area (Å²) in [5.41, 5.74) is 8.91. The zero-order valence-electron chi connectivity index (χ0n) is 12.7. The van der Waals surface area contributed by atoms with Crippen molar-refractivity contribution in [1.82, 2.24) is 9.47 Å². The first-order chi connectivity index (χ1) is 10.6. The molecule has 0 atom stereocenters. The van der Waals surface area contributed by atoms with Crippen LogP contribution in [0.5, 0.6) is 0 Å². The summed E-state index contributed by atoms with van der Waals surface area (Å²) in [7, 11) is 1.95. The van der Waals surface area contributed by atoms with E-state index in [2.05, 4.69) is 0 Å². The first-order valence-electron chi connectivity index (χ1n) is 7.15. The molecule has 22 heavy (non-hydrogen) atoms. The third-order valence-corrected chi connectivity index (χ3v) is 3.77. The fourth-order valence-electron chi connectivity index (χ4n) is 2.70. The van der Waals surface area contributed by atoms with Crippen molar-refractivity contribution in [3.63, 3.8) is 0 Å². The van der Waals surface area contributed by atoms with Crippen LogP contribution in [0.15, 0.2) is 53.1 Å². The van der Waals surface area contributed by atoms with Crippen molar-refractivity contribution in [2.75, 3.05) is 19.5 Å². The maximum Gasteiger partial charge on any atom is 0.274 e. The molecule has 2 aromatic rings. The van der Waals surface area contributed by atoms with E-state index in [0.29, 0.717) is 13.3 Å². The van der Waals surface area contributed by atoms with Crippen molar-refractivity contribution in [1.29, 1.82) is 0 Å². The number of nitrogen functional groups attached to an aromatic ring is 1. The molecule has 114 valence electrons. The molecule has 0 unspecified atom stereocenters. The minimum Gasteiger partial charge on any atom is -0.476 e. The number of rotatable bonds is 3. The minimum atomic E-state index is -0.174. The van der Waals surface area contributed by atoms with Gasteiger partial charge in [0.2, 0.25) is 0 Å². The third kappa shape index (κ3) is 2.57. The van der Waals surface area contributed by atoms with Crippen molar-refractivity contribution in [3.05, 3.63) is 69.8 Å². The number of ether oxygens (including phenoxy) is 1. The van der Waals surface area contributed by atoms with Crippen LogP contribution in [-0.4, -0.2) is 23.2 Å². The lowest BCUT2D eigenvalue weighted by molar-refractivity contribution is 0.172. The summed E-state index contributed by atoms with van der Waals surface area (Å²) in [6, 6.07) is 11.6. The molecule has 0 aliphatic carbocycles. The van der Waals surface area contributed by atoms with Crippen LogP contribution in [0.2, 0.25) is 0 Å². The van der Waals surface area contributed by atoms with Crippen LogP contribution >= 0.6 is 0 Å². The van der Waals surface area contributed by atoms with E-state index in [1.807, 2.05) is 55.4 Å². The van der Waals surface area contributed by atoms with Gasteiger partial charge in [-0.25, -0.2) is 0 Å². The van der Waals surface area contributed by atoms with E-state index in [1.165, 1.54) is 0 Å². The number of allylic oxidation sites excluding steroid dienone is 1. The molecule has 0 fully saturated rings. The van der Waals surface area contributed by atoms with Crippen LogP contribution in [0.25, 0.3) is 5.70 Å². The average molecular weight is 297 g/mol. The number of hydrogen-bond donors (Lipinski definition) is 1. The minimum absolute atomic E-state index is 0.174. The summed E-state index contributed by atoms with van der Waals surface area (Å²) in [4.78, 5) is 14.3. The molecule has 5 nitrogen and oxygen atoms in total. The smallest absolute Gasteiger partial charge is 0.274 e. The molecule has 2 N–H and O–H groups in total. The highest BCUT2D eigenvalue weighted by Gasteiger charge is 2.20. The summed E-state index contributed by atoms with van der Waals surface area (Å²) < 4.78 is 7.18. The van der Waals surface area contributed by atoms with Gasteiger partial charge in [-0.3, -0.25) is 4.79 Å². The molecule has 0 amide bonds. The van der Waals surface area contributed by atoms with Gasteiger partial charge < -0.3 is 19.9 Å². The van der Waals surface area contributed by atoms with E-state index >= 15 is 0 Å². The molecular weight excluding hydrogens is 278 g/mol. The van der Waals surface area contributed by atoms with E-state index in [1.54, 1.807) is 10.6 Å². The maximum absolute atomic E-state index is 12.3. The quantitative estimate of drug-likeness (QED) is 0.942. The zero-order valence-corrected chi connectivity index (χ0v) is 12.7. The second-order valence-electron chi connectivity index (χ2n) is 5.48. The molecule has 0 spiro atoms. The Bertz CT molecular complexity index is 778. The van der Waals surface area contributed by atoms with Gasteiger partial charge >= 0.3 is 0 Å². The van der Waals surface area contributed by atoms with Crippen LogP contribution < -0.4 is 11.3 Å². The van der Waals surface area contributed by atoms with Crippen LogP contribution in [0.3, 0.4) is 0 Å². The fourth-order valence-corrected chi connectivity index (χ4v) is 2.70. The number of pyridine rings is 1. The molecule has 0 radical (unpaired) electrons. The molecule has 2 heterocycles. The number of benzene rings is 1. The van der Waals surface area contributed by atoms with E-state index in [4.69, 9.17) is 10.5 Å². The molecule has 1 aromatic heterocycles. The number of aromatic nitrogens is 1. The first-order valence-corrected chi connectivity index (χ1v) is 7.15. The Morgan fingerprint density at radius 3 is 2.64 bits per heavy atom. The highest BCUT2D eigenvalue weighted by molar-refractivity contribution is 5.68. The number of nitrogens with two attached hydrogens (primary N) is 1. The number of anilines is 1. The van der Waals surface area contributed by atoms with Crippen LogP contribution in [0.4, 0.5) is 5.69 Å². The van der Waals surface area contributed by atoms with Gasteiger partial charge in [-0.05, 0) is 18.6 Å². The van der Waals surface area contributed by atoms with Gasteiger partial charge in [0.1, 0.15) is 5.76 Å². The van der Waals surface area contributed by atoms with Gasteiger partial charge in [0.25, 0.3) is 5.56 Å². The Morgan fingerprint density at radius 2 is 2.00 bits per heavy atom. The molecule has 0 saturated carbocycles. The Hall–Kier alpha value is -2.69. The Balaban J connectivity index is 2.05. The lowest BCUT2D eigenvalue weighted by Gasteiger charge is -2.16. The largest absolute Gasteiger partial charge is 0.476 e. The molecule has 5 heteroatoms. The highest BCUT2D eigenvalue weighted by atomic mass is 16.5. The summed E-state index contributed by atoms with van der Waals surface area (Å²) in [5.74, 6) is 0.840. The van der Waals surface area contributed by atoms with Crippen molar-refractivity contribution in [3.8, 4) is 0 Å². The molecular formula is C17H19N3O2. The lowest BCUT2D eigenvalue weighted by atomic mass is 10.1. The van der Waals surface area contributed by atoms with Gasteiger partial charge in [0, 0.05) is 18.8 Å².